The van der Waals surface area contributed by atoms with Crippen LogP contribution in [0, 0.1) is 5.82 Å². The number of halogens is 1. The number of benzene rings is 1. The predicted molar refractivity (Wildman–Crippen MR) is 106 cm³/mol. The molecule has 3 rings (SSSR count). The average molecular weight is 402 g/mol. The van der Waals surface area contributed by atoms with Crippen LogP contribution >= 0.6 is 0 Å². The molecule has 1 unspecified atom stereocenters. The first-order valence-corrected chi connectivity index (χ1v) is 9.85. The highest BCUT2D eigenvalue weighted by Crippen LogP contribution is 2.31. The Morgan fingerprint density at radius 1 is 1.45 bits per heavy atom. The summed E-state index contributed by atoms with van der Waals surface area (Å²) >= 11 is 0. The lowest BCUT2D eigenvalue weighted by molar-refractivity contribution is -0.122. The van der Waals surface area contributed by atoms with Crippen LogP contribution in [-0.4, -0.2) is 40.6 Å². The van der Waals surface area contributed by atoms with E-state index >= 15 is 0 Å². The van der Waals surface area contributed by atoms with E-state index in [9.17, 15) is 14.0 Å². The molecule has 2 amide bonds. The van der Waals surface area contributed by atoms with E-state index in [2.05, 4.69) is 15.6 Å². The normalized spacial score (nSPS) is 18.5. The zero-order valence-electron chi connectivity index (χ0n) is 16.6. The van der Waals surface area contributed by atoms with Crippen molar-refractivity contribution in [3.05, 3.63) is 48.3 Å². The number of rotatable bonds is 10. The van der Waals surface area contributed by atoms with Crippen molar-refractivity contribution in [2.45, 2.75) is 50.6 Å². The molecule has 0 aliphatic carbocycles. The molecule has 2 aromatic rings. The first-order chi connectivity index (χ1) is 14.0. The molecular weight excluding hydrogens is 375 g/mol. The summed E-state index contributed by atoms with van der Waals surface area (Å²) in [5.41, 5.74) is -0.0885. The van der Waals surface area contributed by atoms with Crippen LogP contribution < -0.4 is 15.4 Å². The van der Waals surface area contributed by atoms with Crippen LogP contribution in [0.1, 0.15) is 37.7 Å². The third kappa shape index (κ3) is 5.79. The van der Waals surface area contributed by atoms with Crippen molar-refractivity contribution in [2.75, 3.05) is 13.7 Å². The number of methoxy groups -OCH3 is 1. The highest BCUT2D eigenvalue weighted by Gasteiger charge is 2.38. The Morgan fingerprint density at radius 3 is 2.97 bits per heavy atom. The summed E-state index contributed by atoms with van der Waals surface area (Å²) in [5, 5.41) is 5.90. The third-order valence-corrected chi connectivity index (χ3v) is 5.33. The van der Waals surface area contributed by atoms with Gasteiger partial charge in [0.25, 0.3) is 0 Å². The molecule has 1 atom stereocenters. The van der Waals surface area contributed by atoms with E-state index in [1.54, 1.807) is 24.7 Å². The van der Waals surface area contributed by atoms with Gasteiger partial charge in [-0.2, -0.15) is 0 Å². The van der Waals surface area contributed by atoms with Gasteiger partial charge in [-0.25, -0.2) is 9.37 Å². The Morgan fingerprint density at radius 2 is 2.31 bits per heavy atom. The maximum absolute atomic E-state index is 14.4. The fourth-order valence-corrected chi connectivity index (χ4v) is 3.69. The SMILES string of the molecule is COc1ccc(CC2(CCC(=O)NCCCn3ccnc3)CCC(=O)N2)c(F)c1. The molecule has 0 saturated carbocycles. The largest absolute Gasteiger partial charge is 0.497 e. The van der Waals surface area contributed by atoms with E-state index in [-0.39, 0.29) is 24.1 Å². The maximum atomic E-state index is 14.4. The van der Waals surface area contributed by atoms with Crippen LogP contribution in [-0.2, 0) is 22.6 Å². The molecule has 1 aromatic carbocycles. The molecule has 0 bridgehead atoms. The predicted octanol–water partition coefficient (Wildman–Crippen LogP) is 2.21. The topological polar surface area (TPSA) is 85.2 Å². The number of carbonyl (C=O) groups excluding carboxylic acids is 2. The summed E-state index contributed by atoms with van der Waals surface area (Å²) in [6, 6.07) is 4.72. The fraction of sp³-hybridized carbons (Fsp3) is 0.476. The van der Waals surface area contributed by atoms with Crippen molar-refractivity contribution in [1.29, 1.82) is 0 Å². The van der Waals surface area contributed by atoms with E-state index in [1.165, 1.54) is 13.2 Å². The molecule has 2 N–H and O–H groups in total. The molecule has 0 spiro atoms. The lowest BCUT2D eigenvalue weighted by atomic mass is 9.84. The number of aryl methyl sites for hydroxylation is 1. The summed E-state index contributed by atoms with van der Waals surface area (Å²) in [5.74, 6) is -0.0364. The second-order valence-corrected chi connectivity index (χ2v) is 7.47. The summed E-state index contributed by atoms with van der Waals surface area (Å²) in [6.07, 6.45) is 8.23. The van der Waals surface area contributed by atoms with Gasteiger partial charge in [0.2, 0.25) is 11.8 Å². The fourth-order valence-electron chi connectivity index (χ4n) is 3.69. The Kier molecular flexibility index (Phi) is 6.85. The summed E-state index contributed by atoms with van der Waals surface area (Å²) < 4.78 is 21.4. The van der Waals surface area contributed by atoms with Gasteiger partial charge in [0, 0.05) is 49.9 Å². The van der Waals surface area contributed by atoms with Gasteiger partial charge in [-0.1, -0.05) is 6.07 Å². The van der Waals surface area contributed by atoms with Crippen molar-refractivity contribution in [2.24, 2.45) is 0 Å². The van der Waals surface area contributed by atoms with E-state index in [1.807, 2.05) is 10.8 Å². The standard InChI is InChI=1S/C21H27FN4O3/c1-29-17-4-3-16(18(22)13-17)14-21(8-6-20(28)25-21)7-5-19(27)24-9-2-11-26-12-10-23-15-26/h3-4,10,12-13,15H,2,5-9,11,14H2,1H3,(H,24,27)(H,25,28). The quantitative estimate of drug-likeness (QED) is 0.597. The number of hydrogen-bond donors (Lipinski definition) is 2. The molecule has 156 valence electrons. The van der Waals surface area contributed by atoms with Gasteiger partial charge in [0.05, 0.1) is 13.4 Å². The summed E-state index contributed by atoms with van der Waals surface area (Å²) in [4.78, 5) is 28.1. The monoisotopic (exact) mass is 402 g/mol. The maximum Gasteiger partial charge on any atom is 0.220 e. The number of hydrogen-bond acceptors (Lipinski definition) is 4. The molecule has 29 heavy (non-hydrogen) atoms. The molecule has 1 aliphatic rings. The Balaban J connectivity index is 1.52. The van der Waals surface area contributed by atoms with E-state index < -0.39 is 5.54 Å². The number of nitrogens with one attached hydrogen (secondary N) is 2. The summed E-state index contributed by atoms with van der Waals surface area (Å²) in [6.45, 7) is 1.36. The minimum atomic E-state index is -0.597. The molecule has 1 aliphatic heterocycles. The first kappa shape index (κ1) is 20.8. The van der Waals surface area contributed by atoms with E-state index in [0.29, 0.717) is 43.5 Å². The zero-order chi connectivity index (χ0) is 20.7. The number of aromatic nitrogens is 2. The van der Waals surface area contributed by atoms with E-state index in [4.69, 9.17) is 4.74 Å². The van der Waals surface area contributed by atoms with Crippen molar-refractivity contribution in [3.8, 4) is 5.75 Å². The Labute approximate surface area is 169 Å². The molecule has 0 radical (unpaired) electrons. The first-order valence-electron chi connectivity index (χ1n) is 9.85. The molecule has 1 saturated heterocycles. The highest BCUT2D eigenvalue weighted by atomic mass is 19.1. The molecule has 1 aromatic heterocycles. The van der Waals surface area contributed by atoms with Crippen LogP contribution in [0.4, 0.5) is 4.39 Å². The molecular formula is C21H27FN4O3. The van der Waals surface area contributed by atoms with Crippen LogP contribution in [0.25, 0.3) is 0 Å². The van der Waals surface area contributed by atoms with Crippen LogP contribution in [0.3, 0.4) is 0 Å². The number of imidazole rings is 1. The van der Waals surface area contributed by atoms with Gasteiger partial charge in [-0.3, -0.25) is 9.59 Å². The van der Waals surface area contributed by atoms with Gasteiger partial charge in [-0.15, -0.1) is 0 Å². The molecule has 2 heterocycles. The van der Waals surface area contributed by atoms with Crippen LogP contribution in [0.5, 0.6) is 5.75 Å². The number of amides is 2. The van der Waals surface area contributed by atoms with Crippen molar-refractivity contribution in [3.63, 3.8) is 0 Å². The number of nitrogens with zero attached hydrogens (tertiary/aromatic N) is 2. The van der Waals surface area contributed by atoms with E-state index in [0.717, 1.165) is 13.0 Å². The Hall–Kier alpha value is -2.90. The Bertz CT molecular complexity index is 840. The smallest absolute Gasteiger partial charge is 0.220 e. The van der Waals surface area contributed by atoms with Gasteiger partial charge >= 0.3 is 0 Å². The van der Waals surface area contributed by atoms with Gasteiger partial charge in [-0.05, 0) is 37.3 Å². The lowest BCUT2D eigenvalue weighted by Crippen LogP contribution is -2.44. The minimum absolute atomic E-state index is 0.0559. The number of carbonyl (C=O) groups is 2. The second-order valence-electron chi connectivity index (χ2n) is 7.47. The van der Waals surface area contributed by atoms with Crippen LogP contribution in [0.15, 0.2) is 36.9 Å². The van der Waals surface area contributed by atoms with Gasteiger partial charge in [0.15, 0.2) is 0 Å². The van der Waals surface area contributed by atoms with Crippen molar-refractivity contribution < 1.29 is 18.7 Å². The lowest BCUT2D eigenvalue weighted by Gasteiger charge is -2.29. The number of ether oxygens (including phenoxy) is 1. The molecule has 1 fully saturated rings. The average Bonchev–Trinajstić information content (AvgIpc) is 3.35. The van der Waals surface area contributed by atoms with Gasteiger partial charge in [0.1, 0.15) is 11.6 Å². The highest BCUT2D eigenvalue weighted by molar-refractivity contribution is 5.80. The third-order valence-electron chi connectivity index (χ3n) is 5.33. The van der Waals surface area contributed by atoms with Crippen molar-refractivity contribution >= 4 is 11.8 Å². The zero-order valence-corrected chi connectivity index (χ0v) is 16.6. The molecule has 7 nitrogen and oxygen atoms in total. The van der Waals surface area contributed by atoms with Crippen LogP contribution in [0.2, 0.25) is 0 Å². The summed E-state index contributed by atoms with van der Waals surface area (Å²) in [7, 11) is 1.49. The molecule has 8 heteroatoms. The minimum Gasteiger partial charge on any atom is -0.497 e. The second kappa shape index (κ2) is 9.54. The van der Waals surface area contributed by atoms with Crippen molar-refractivity contribution in [1.82, 2.24) is 20.2 Å². The van der Waals surface area contributed by atoms with Gasteiger partial charge < -0.3 is 19.9 Å².